The van der Waals surface area contributed by atoms with Crippen LogP contribution in [0.5, 0.6) is 5.75 Å². The Morgan fingerprint density at radius 2 is 1.94 bits per heavy atom. The fourth-order valence-electron chi connectivity index (χ4n) is 3.96. The maximum atomic E-state index is 12.8. The molecule has 1 aliphatic heterocycles. The molecule has 0 unspecified atom stereocenters. The Morgan fingerprint density at radius 3 is 2.76 bits per heavy atom. The predicted octanol–water partition coefficient (Wildman–Crippen LogP) is 4.75. The number of fused-ring (bicyclic) bond motifs is 1. The van der Waals surface area contributed by atoms with Crippen molar-refractivity contribution < 1.29 is 14.3 Å². The molecule has 0 fully saturated rings. The van der Waals surface area contributed by atoms with E-state index < -0.39 is 0 Å². The van der Waals surface area contributed by atoms with Crippen LogP contribution < -0.4 is 15.0 Å². The van der Waals surface area contributed by atoms with Crippen LogP contribution in [0.3, 0.4) is 0 Å². The number of nitriles is 1. The van der Waals surface area contributed by atoms with E-state index in [1.165, 1.54) is 0 Å². The lowest BCUT2D eigenvalue weighted by Crippen LogP contribution is -2.37. The van der Waals surface area contributed by atoms with Crippen molar-refractivity contribution in [2.75, 3.05) is 16.8 Å². The largest absolute Gasteiger partial charge is 0.489 e. The van der Waals surface area contributed by atoms with Gasteiger partial charge in [-0.15, -0.1) is 0 Å². The van der Waals surface area contributed by atoms with Gasteiger partial charge in [-0.25, -0.2) is 0 Å². The third-order valence-corrected chi connectivity index (χ3v) is 5.66. The lowest BCUT2D eigenvalue weighted by molar-refractivity contribution is -0.121. The van der Waals surface area contributed by atoms with E-state index in [0.29, 0.717) is 30.0 Å². The molecule has 6 heteroatoms. The molecule has 0 bridgehead atoms. The average molecular weight is 440 g/mol. The Labute approximate surface area is 193 Å². The highest BCUT2D eigenvalue weighted by Gasteiger charge is 2.24. The SMILES string of the molecule is Cc1cc(OCc2cccc(C#N)c2)ccc1NC(=O)CN1C(=O)CCCc2ccccc21. The van der Waals surface area contributed by atoms with Crippen molar-refractivity contribution in [3.63, 3.8) is 0 Å². The Balaban J connectivity index is 1.40. The Morgan fingerprint density at radius 1 is 1.09 bits per heavy atom. The zero-order valence-electron chi connectivity index (χ0n) is 18.5. The molecule has 0 spiro atoms. The van der Waals surface area contributed by atoms with Crippen LogP contribution in [0.25, 0.3) is 0 Å². The van der Waals surface area contributed by atoms with Crippen LogP contribution >= 0.6 is 0 Å². The number of anilines is 2. The Kier molecular flexibility index (Phi) is 6.70. The van der Waals surface area contributed by atoms with Crippen molar-refractivity contribution in [1.29, 1.82) is 5.26 Å². The first-order valence-electron chi connectivity index (χ1n) is 10.9. The van der Waals surface area contributed by atoms with E-state index in [1.54, 1.807) is 29.2 Å². The van der Waals surface area contributed by atoms with Crippen molar-refractivity contribution in [3.8, 4) is 11.8 Å². The summed E-state index contributed by atoms with van der Waals surface area (Å²) in [6, 6.07) is 22.6. The topological polar surface area (TPSA) is 82.4 Å². The van der Waals surface area contributed by atoms with Gasteiger partial charge in [0, 0.05) is 17.8 Å². The lowest BCUT2D eigenvalue weighted by Gasteiger charge is -2.22. The van der Waals surface area contributed by atoms with Crippen LogP contribution in [0.1, 0.15) is 35.1 Å². The third-order valence-electron chi connectivity index (χ3n) is 5.66. The highest BCUT2D eigenvalue weighted by atomic mass is 16.5. The minimum absolute atomic E-state index is 0.0250. The minimum Gasteiger partial charge on any atom is -0.489 e. The summed E-state index contributed by atoms with van der Waals surface area (Å²) in [4.78, 5) is 27.0. The Bertz CT molecular complexity index is 1230. The van der Waals surface area contributed by atoms with E-state index in [4.69, 9.17) is 10.00 Å². The van der Waals surface area contributed by atoms with Crippen LogP contribution in [0.2, 0.25) is 0 Å². The molecule has 0 saturated heterocycles. The summed E-state index contributed by atoms with van der Waals surface area (Å²) in [5.74, 6) is 0.394. The van der Waals surface area contributed by atoms with Gasteiger partial charge in [0.05, 0.1) is 11.6 Å². The predicted molar refractivity (Wildman–Crippen MR) is 127 cm³/mol. The number of hydrogen-bond acceptors (Lipinski definition) is 4. The number of aryl methyl sites for hydroxylation is 2. The van der Waals surface area contributed by atoms with E-state index in [1.807, 2.05) is 49.4 Å². The first-order valence-corrected chi connectivity index (χ1v) is 10.9. The molecule has 166 valence electrons. The summed E-state index contributed by atoms with van der Waals surface area (Å²) in [5.41, 5.74) is 4.94. The molecular weight excluding hydrogens is 414 g/mol. The summed E-state index contributed by atoms with van der Waals surface area (Å²) in [7, 11) is 0. The van der Waals surface area contributed by atoms with Crippen molar-refractivity contribution in [1.82, 2.24) is 0 Å². The van der Waals surface area contributed by atoms with E-state index in [2.05, 4.69) is 11.4 Å². The number of carbonyl (C=O) groups excluding carboxylic acids is 2. The number of hydrogen-bond donors (Lipinski definition) is 1. The molecule has 1 aliphatic rings. The highest BCUT2D eigenvalue weighted by molar-refractivity contribution is 6.03. The normalized spacial score (nSPS) is 13.0. The number of rotatable bonds is 6. The van der Waals surface area contributed by atoms with Crippen molar-refractivity contribution >= 4 is 23.2 Å². The molecule has 33 heavy (non-hydrogen) atoms. The molecule has 0 saturated carbocycles. The summed E-state index contributed by atoms with van der Waals surface area (Å²) >= 11 is 0. The van der Waals surface area contributed by atoms with Crippen molar-refractivity contribution in [3.05, 3.63) is 89.0 Å². The maximum absolute atomic E-state index is 12.8. The van der Waals surface area contributed by atoms with Crippen LogP contribution in [0.4, 0.5) is 11.4 Å². The minimum atomic E-state index is -0.245. The number of nitrogens with zero attached hydrogens (tertiary/aromatic N) is 2. The Hall–Kier alpha value is -4.11. The standard InChI is InChI=1S/C27H25N3O3/c1-19-14-23(33-18-21-7-4-6-20(15-21)16-28)12-13-24(19)29-26(31)17-30-25-10-3-2-8-22(25)9-5-11-27(30)32/h2-4,6-8,10,12-15H,5,9,11,17-18H2,1H3,(H,29,31). The summed E-state index contributed by atoms with van der Waals surface area (Å²) < 4.78 is 5.85. The first-order chi connectivity index (χ1) is 16.0. The zero-order valence-corrected chi connectivity index (χ0v) is 18.5. The fourth-order valence-corrected chi connectivity index (χ4v) is 3.96. The number of nitrogens with one attached hydrogen (secondary N) is 1. The zero-order chi connectivity index (χ0) is 23.2. The molecule has 3 aromatic carbocycles. The van der Waals surface area contributed by atoms with Gasteiger partial charge in [0.15, 0.2) is 0 Å². The molecule has 0 aliphatic carbocycles. The maximum Gasteiger partial charge on any atom is 0.244 e. The molecule has 0 atom stereocenters. The number of amides is 2. The van der Waals surface area contributed by atoms with Gasteiger partial charge >= 0.3 is 0 Å². The van der Waals surface area contributed by atoms with Crippen LogP contribution in [-0.2, 0) is 22.6 Å². The van der Waals surface area contributed by atoms with E-state index in [0.717, 1.165) is 35.2 Å². The van der Waals surface area contributed by atoms with Gasteiger partial charge in [-0.1, -0.05) is 30.3 Å². The van der Waals surface area contributed by atoms with Gasteiger partial charge in [0.25, 0.3) is 0 Å². The van der Waals surface area contributed by atoms with E-state index in [9.17, 15) is 9.59 Å². The van der Waals surface area contributed by atoms with Gasteiger partial charge in [-0.3, -0.25) is 9.59 Å². The summed E-state index contributed by atoms with van der Waals surface area (Å²) in [5, 5.41) is 11.9. The lowest BCUT2D eigenvalue weighted by atomic mass is 10.1. The van der Waals surface area contributed by atoms with Crippen LogP contribution in [0.15, 0.2) is 66.7 Å². The van der Waals surface area contributed by atoms with Crippen LogP contribution in [0, 0.1) is 18.3 Å². The molecule has 1 heterocycles. The van der Waals surface area contributed by atoms with E-state index >= 15 is 0 Å². The second-order valence-corrected chi connectivity index (χ2v) is 8.09. The van der Waals surface area contributed by atoms with Gasteiger partial charge in [0.2, 0.25) is 11.8 Å². The quantitative estimate of drug-likeness (QED) is 0.601. The van der Waals surface area contributed by atoms with E-state index in [-0.39, 0.29) is 18.4 Å². The summed E-state index contributed by atoms with van der Waals surface area (Å²) in [6.07, 6.45) is 2.06. The average Bonchev–Trinajstić information content (AvgIpc) is 2.98. The van der Waals surface area contributed by atoms with Crippen molar-refractivity contribution in [2.45, 2.75) is 32.8 Å². The van der Waals surface area contributed by atoms with Gasteiger partial charge in [0.1, 0.15) is 18.9 Å². The number of benzene rings is 3. The van der Waals surface area contributed by atoms with Gasteiger partial charge in [-0.2, -0.15) is 5.26 Å². The molecular formula is C27H25N3O3. The monoisotopic (exact) mass is 439 g/mol. The molecule has 1 N–H and O–H groups in total. The number of ether oxygens (including phenoxy) is 1. The molecule has 6 nitrogen and oxygen atoms in total. The second kappa shape index (κ2) is 10.0. The molecule has 0 radical (unpaired) electrons. The highest BCUT2D eigenvalue weighted by Crippen LogP contribution is 2.27. The first kappa shape index (κ1) is 22.1. The number of para-hydroxylation sites is 1. The number of carbonyl (C=O) groups is 2. The van der Waals surface area contributed by atoms with Crippen molar-refractivity contribution in [2.24, 2.45) is 0 Å². The summed E-state index contributed by atoms with van der Waals surface area (Å²) in [6.45, 7) is 2.21. The molecule has 4 rings (SSSR count). The molecule has 3 aromatic rings. The fraction of sp³-hybridized carbons (Fsp3) is 0.222. The van der Waals surface area contributed by atoms with Crippen LogP contribution in [-0.4, -0.2) is 18.4 Å². The van der Waals surface area contributed by atoms with Gasteiger partial charge in [-0.05, 0) is 72.9 Å². The second-order valence-electron chi connectivity index (χ2n) is 8.09. The third kappa shape index (κ3) is 5.39. The molecule has 2 amide bonds. The molecule has 0 aromatic heterocycles. The van der Waals surface area contributed by atoms with Gasteiger partial charge < -0.3 is 15.0 Å². The smallest absolute Gasteiger partial charge is 0.244 e.